The molecule has 0 spiro atoms. The van der Waals surface area contributed by atoms with Crippen LogP contribution in [0.15, 0.2) is 23.3 Å². The molecule has 0 amide bonds. The highest BCUT2D eigenvalue weighted by Gasteiger charge is 2.62. The average molecular weight is 316 g/mol. The van der Waals surface area contributed by atoms with Gasteiger partial charge in [-0.2, -0.15) is 26.3 Å². The normalized spacial score (nSPS) is 36.0. The van der Waals surface area contributed by atoms with E-state index >= 15 is 0 Å². The first-order chi connectivity index (χ1) is 9.10. The summed E-state index contributed by atoms with van der Waals surface area (Å²) in [6.45, 7) is 0. The molecule has 0 N–H and O–H groups in total. The maximum absolute atomic E-state index is 13.0. The second kappa shape index (κ2) is 3.90. The molecule has 1 saturated heterocycles. The lowest BCUT2D eigenvalue weighted by atomic mass is 9.67. The zero-order valence-electron chi connectivity index (χ0n) is 9.46. The van der Waals surface area contributed by atoms with Gasteiger partial charge in [-0.25, -0.2) is 0 Å². The van der Waals surface area contributed by atoms with Crippen LogP contribution in [0.4, 0.5) is 26.3 Å². The van der Waals surface area contributed by atoms with E-state index < -0.39 is 52.8 Å². The van der Waals surface area contributed by atoms with E-state index in [1.54, 1.807) is 0 Å². The highest BCUT2D eigenvalue weighted by Crippen LogP contribution is 2.55. The van der Waals surface area contributed by atoms with Crippen LogP contribution in [-0.4, -0.2) is 29.8 Å². The number of rotatable bonds is 0. The Balaban J connectivity index is 2.17. The van der Waals surface area contributed by atoms with Crippen molar-refractivity contribution in [3.63, 3.8) is 0 Å². The van der Waals surface area contributed by atoms with Crippen LogP contribution in [0.2, 0.25) is 0 Å². The van der Waals surface area contributed by atoms with Gasteiger partial charge in [-0.15, -0.1) is 0 Å². The minimum atomic E-state index is -5.09. The van der Waals surface area contributed by atoms with Gasteiger partial charge in [0.25, 0.3) is 0 Å². The second-order valence-electron chi connectivity index (χ2n) is 4.67. The van der Waals surface area contributed by atoms with E-state index in [2.05, 4.69) is 12.2 Å². The van der Waals surface area contributed by atoms with Gasteiger partial charge in [0.2, 0.25) is 0 Å². The summed E-state index contributed by atoms with van der Waals surface area (Å²) in [6.07, 6.45) is -10.3. The fraction of sp³-hybridized carbons (Fsp3) is 0.545. The van der Waals surface area contributed by atoms with Gasteiger partial charge in [-0.05, 0) is 0 Å². The zero-order valence-corrected chi connectivity index (χ0v) is 10.3. The molecule has 2 bridgehead atoms. The molecule has 0 aromatic carbocycles. The van der Waals surface area contributed by atoms with Crippen molar-refractivity contribution in [3.05, 3.63) is 23.3 Å². The first kappa shape index (κ1) is 13.7. The maximum atomic E-state index is 13.0. The number of hydrogen-bond acceptors (Lipinski definition) is 3. The molecule has 1 heterocycles. The third kappa shape index (κ3) is 1.82. The summed E-state index contributed by atoms with van der Waals surface area (Å²) in [7, 11) is 0. The lowest BCUT2D eigenvalue weighted by molar-refractivity contribution is -0.137. The lowest BCUT2D eigenvalue weighted by Gasteiger charge is -2.42. The predicted molar refractivity (Wildman–Crippen MR) is 57.6 cm³/mol. The largest absolute Gasteiger partial charge is 0.449 e. The van der Waals surface area contributed by atoms with Crippen molar-refractivity contribution in [2.45, 2.75) is 24.6 Å². The van der Waals surface area contributed by atoms with Crippen LogP contribution < -0.4 is 0 Å². The Morgan fingerprint density at radius 1 is 0.800 bits per heavy atom. The third-order valence-electron chi connectivity index (χ3n) is 3.59. The molecule has 4 aliphatic rings. The third-order valence-corrected chi connectivity index (χ3v) is 3.78. The Labute approximate surface area is 114 Å². The van der Waals surface area contributed by atoms with Crippen LogP contribution in [-0.2, 0) is 9.47 Å². The number of thiocarbonyl (C=S) groups is 1. The van der Waals surface area contributed by atoms with Gasteiger partial charge in [0.1, 0.15) is 0 Å². The number of ether oxygens (including phenoxy) is 2. The smallest absolute Gasteiger partial charge is 0.413 e. The molecular formula is C11H6F6O2S. The van der Waals surface area contributed by atoms with E-state index in [1.165, 1.54) is 0 Å². The van der Waals surface area contributed by atoms with Gasteiger partial charge in [0, 0.05) is 24.1 Å². The van der Waals surface area contributed by atoms with E-state index in [0.29, 0.717) is 0 Å². The Bertz CT molecular complexity index is 488. The fourth-order valence-corrected chi connectivity index (χ4v) is 3.18. The lowest BCUT2D eigenvalue weighted by Crippen LogP contribution is -2.50. The van der Waals surface area contributed by atoms with Gasteiger partial charge in [0.05, 0.1) is 11.1 Å². The molecule has 4 unspecified atom stereocenters. The van der Waals surface area contributed by atoms with E-state index in [-0.39, 0.29) is 0 Å². The molecule has 20 heavy (non-hydrogen) atoms. The molecule has 4 rings (SSSR count). The SMILES string of the molecule is FC(F)(F)C1=C(C(F)(F)F)C2C=CC1C1OC(=S)OC21. The molecule has 0 radical (unpaired) electrons. The van der Waals surface area contributed by atoms with Crippen molar-refractivity contribution in [3.8, 4) is 0 Å². The van der Waals surface area contributed by atoms with E-state index in [4.69, 9.17) is 9.47 Å². The number of alkyl halides is 6. The molecule has 110 valence electrons. The van der Waals surface area contributed by atoms with Crippen molar-refractivity contribution in [1.82, 2.24) is 0 Å². The molecular weight excluding hydrogens is 310 g/mol. The van der Waals surface area contributed by atoms with E-state index in [9.17, 15) is 26.3 Å². The second-order valence-corrected chi connectivity index (χ2v) is 5.01. The quantitative estimate of drug-likeness (QED) is 0.388. The molecule has 2 nitrogen and oxygen atoms in total. The van der Waals surface area contributed by atoms with Crippen LogP contribution in [0.5, 0.6) is 0 Å². The monoisotopic (exact) mass is 316 g/mol. The first-order valence-corrected chi connectivity index (χ1v) is 5.95. The standard InChI is InChI=1S/C11H6F6O2S/c12-10(13,14)5-3-1-2-4(6(5)11(15,16)17)8-7(3)18-9(20)19-8/h1-4,7-8H. The molecule has 0 saturated carbocycles. The first-order valence-electron chi connectivity index (χ1n) is 5.55. The van der Waals surface area contributed by atoms with Crippen molar-refractivity contribution in [2.24, 2.45) is 11.8 Å². The van der Waals surface area contributed by atoms with Crippen molar-refractivity contribution >= 4 is 17.5 Å². The fourth-order valence-electron chi connectivity index (χ4n) is 2.96. The van der Waals surface area contributed by atoms with E-state index in [1.807, 2.05) is 0 Å². The predicted octanol–water partition coefficient (Wildman–Crippen LogP) is 3.29. The minimum absolute atomic E-state index is 0.413. The van der Waals surface area contributed by atoms with Crippen LogP contribution in [0.1, 0.15) is 0 Å². The average Bonchev–Trinajstić information content (AvgIpc) is 2.68. The van der Waals surface area contributed by atoms with Crippen LogP contribution in [0.3, 0.4) is 0 Å². The maximum Gasteiger partial charge on any atom is 0.413 e. The molecule has 1 aliphatic heterocycles. The Morgan fingerprint density at radius 3 is 1.45 bits per heavy atom. The number of halogens is 6. The summed E-state index contributed by atoms with van der Waals surface area (Å²) in [5.74, 6) is -3.11. The molecule has 4 atom stereocenters. The van der Waals surface area contributed by atoms with Crippen molar-refractivity contribution in [1.29, 1.82) is 0 Å². The van der Waals surface area contributed by atoms with Crippen LogP contribution in [0.25, 0.3) is 0 Å². The Hall–Kier alpha value is -1.25. The summed E-state index contributed by atoms with van der Waals surface area (Å²) in [4.78, 5) is 0. The highest BCUT2D eigenvalue weighted by atomic mass is 32.1. The van der Waals surface area contributed by atoms with Gasteiger partial charge < -0.3 is 9.47 Å². The number of hydrogen-bond donors (Lipinski definition) is 0. The minimum Gasteiger partial charge on any atom is -0.449 e. The summed E-state index contributed by atoms with van der Waals surface area (Å²) in [5.41, 5.74) is -3.21. The summed E-state index contributed by atoms with van der Waals surface area (Å²) in [6, 6.07) is 0. The summed E-state index contributed by atoms with van der Waals surface area (Å²) in [5, 5.41) is -0.413. The topological polar surface area (TPSA) is 18.5 Å². The zero-order chi connectivity index (χ0) is 14.9. The highest BCUT2D eigenvalue weighted by molar-refractivity contribution is 7.79. The van der Waals surface area contributed by atoms with Crippen LogP contribution >= 0.6 is 12.2 Å². The van der Waals surface area contributed by atoms with Gasteiger partial charge in [-0.1, -0.05) is 12.2 Å². The Morgan fingerprint density at radius 2 is 1.15 bits per heavy atom. The summed E-state index contributed by atoms with van der Waals surface area (Å²) < 4.78 is 88.0. The van der Waals surface area contributed by atoms with Gasteiger partial charge >= 0.3 is 17.6 Å². The van der Waals surface area contributed by atoms with Crippen molar-refractivity contribution < 1.29 is 35.8 Å². The van der Waals surface area contributed by atoms with E-state index in [0.717, 1.165) is 12.2 Å². The Kier molecular flexibility index (Phi) is 2.67. The van der Waals surface area contributed by atoms with Gasteiger partial charge in [0.15, 0.2) is 12.2 Å². The van der Waals surface area contributed by atoms with Crippen LogP contribution in [0, 0.1) is 11.8 Å². The molecule has 3 aliphatic carbocycles. The summed E-state index contributed by atoms with van der Waals surface area (Å²) >= 11 is 4.58. The molecule has 0 aromatic heterocycles. The molecule has 0 aromatic rings. The van der Waals surface area contributed by atoms with Gasteiger partial charge in [-0.3, -0.25) is 0 Å². The molecule has 9 heteroatoms. The van der Waals surface area contributed by atoms with Crippen molar-refractivity contribution in [2.75, 3.05) is 0 Å². The molecule has 1 fully saturated rings.